The summed E-state index contributed by atoms with van der Waals surface area (Å²) < 4.78 is 48.3. The summed E-state index contributed by atoms with van der Waals surface area (Å²) in [4.78, 5) is 0. The van der Waals surface area contributed by atoms with Crippen molar-refractivity contribution in [3.8, 4) is 0 Å². The van der Waals surface area contributed by atoms with E-state index in [9.17, 15) is 0 Å². The Kier molecular flexibility index (Phi) is 23.4. The minimum atomic E-state index is -3.97. The van der Waals surface area contributed by atoms with Crippen molar-refractivity contribution in [1.29, 1.82) is 0 Å². The van der Waals surface area contributed by atoms with E-state index in [1.165, 1.54) is 0 Å². The maximum absolute atomic E-state index is 9.05. The third-order valence-corrected chi connectivity index (χ3v) is 0. The molecule has 0 unspecified atom stereocenters. The average molecular weight is 237 g/mol. The van der Waals surface area contributed by atoms with E-state index in [1.807, 2.05) is 0 Å². The van der Waals surface area contributed by atoms with Gasteiger partial charge in [0.2, 0.25) is 0 Å². The van der Waals surface area contributed by atoms with Crippen LogP contribution in [0.25, 0.3) is 0 Å². The van der Waals surface area contributed by atoms with E-state index in [-0.39, 0.29) is 35.7 Å². The second-order valence-corrected chi connectivity index (χ2v) is 3.42. The van der Waals surface area contributed by atoms with Crippen molar-refractivity contribution < 1.29 is 26.3 Å². The first-order chi connectivity index (χ1) is 3.73. The monoisotopic (exact) mass is 237 g/mol. The summed E-state index contributed by atoms with van der Waals surface area (Å²) in [6.45, 7) is 0. The van der Waals surface area contributed by atoms with E-state index in [0.29, 0.717) is 0 Å². The molecule has 0 aromatic carbocycles. The summed E-state index contributed by atoms with van der Waals surface area (Å²) in [5.74, 6) is 0. The number of hydrogen-bond donors (Lipinski definition) is 5. The van der Waals surface area contributed by atoms with E-state index in [1.54, 1.807) is 0 Å². The maximum atomic E-state index is 9.05. The Morgan fingerprint density at radius 1 is 1.27 bits per heavy atom. The Hall–Kier alpha value is 1.29. The van der Waals surface area contributed by atoms with Crippen LogP contribution < -0.4 is 6.15 Å². The van der Waals surface area contributed by atoms with Crippen LogP contribution in [0.4, 0.5) is 0 Å². The molecule has 0 aliphatic carbocycles. The molecule has 11 heteroatoms. The second-order valence-electron chi connectivity index (χ2n) is 0.679. The fourth-order valence-corrected chi connectivity index (χ4v) is 0. The summed E-state index contributed by atoms with van der Waals surface area (Å²) in [5, 5.41) is 0. The minimum absolute atomic E-state index is 0. The van der Waals surface area contributed by atoms with Gasteiger partial charge in [0.05, 0.1) is 0 Å². The molecular formula is H8NNaO6S3. The van der Waals surface area contributed by atoms with Gasteiger partial charge in [-0.15, -0.1) is 0 Å². The Bertz CT molecular complexity index is 160. The molecule has 0 bridgehead atoms. The third-order valence-electron chi connectivity index (χ3n) is 0. The van der Waals surface area contributed by atoms with E-state index < -0.39 is 20.5 Å². The molecule has 0 aromatic heterocycles. The number of thiol groups is 1. The molecule has 68 valence electrons. The average Bonchev–Trinajstić information content (AvgIpc) is 1.19. The van der Waals surface area contributed by atoms with Gasteiger partial charge < -0.3 is 6.15 Å². The van der Waals surface area contributed by atoms with Gasteiger partial charge in [-0.1, -0.05) is 0 Å². The summed E-state index contributed by atoms with van der Waals surface area (Å²) in [5.41, 5.74) is 0. The zero-order valence-corrected chi connectivity index (χ0v) is 7.06. The molecule has 6 N–H and O–H groups in total. The van der Waals surface area contributed by atoms with Gasteiger partial charge in [-0.05, 0) is 11.7 Å². The zero-order valence-electron chi connectivity index (χ0n) is 4.54. The summed E-state index contributed by atoms with van der Waals surface area (Å²) in [7, 11) is -3.97. The van der Waals surface area contributed by atoms with Crippen LogP contribution in [0, 0.1) is 0 Å². The Morgan fingerprint density at radius 3 is 1.27 bits per heavy atom. The standard InChI is InChI=1S/H3N.Na.H2O3S2.H2O3S.H/c;;1-5(2,3)4;1-4(2)3;/h1H3;;(H2,1,2,3,4);(H2,1,2,3);. The molecule has 0 saturated heterocycles. The van der Waals surface area contributed by atoms with Crippen molar-refractivity contribution in [2.45, 2.75) is 0 Å². The normalized spacial score (nSPS) is 8.45. The quantitative estimate of drug-likeness (QED) is 0.118. The first-order valence-corrected chi connectivity index (χ1v) is 4.79. The van der Waals surface area contributed by atoms with Crippen LogP contribution in [0.2, 0.25) is 0 Å². The molecular weight excluding hydrogens is 229 g/mol. The van der Waals surface area contributed by atoms with Crippen LogP contribution in [0.1, 0.15) is 0 Å². The SMILES string of the molecule is N.O=S(=O)(O)S.O=S(O)O.[NaH]. The van der Waals surface area contributed by atoms with Crippen LogP contribution in [0.3, 0.4) is 0 Å². The van der Waals surface area contributed by atoms with Crippen molar-refractivity contribution in [2.24, 2.45) is 0 Å². The Labute approximate surface area is 93.5 Å². The van der Waals surface area contributed by atoms with Gasteiger partial charge in [0.1, 0.15) is 0 Å². The predicted octanol–water partition coefficient (Wildman–Crippen LogP) is -1.09. The van der Waals surface area contributed by atoms with Crippen LogP contribution >= 0.6 is 11.7 Å². The second kappa shape index (κ2) is 11.3. The van der Waals surface area contributed by atoms with Gasteiger partial charge in [-0.3, -0.25) is 13.7 Å². The summed E-state index contributed by atoms with van der Waals surface area (Å²) >= 11 is 0.0394. The van der Waals surface area contributed by atoms with Crippen LogP contribution in [0.15, 0.2) is 0 Å². The molecule has 0 saturated carbocycles. The van der Waals surface area contributed by atoms with Crippen molar-refractivity contribution in [1.82, 2.24) is 6.15 Å². The van der Waals surface area contributed by atoms with Gasteiger partial charge in [0, 0.05) is 0 Å². The first kappa shape index (κ1) is 22.8. The summed E-state index contributed by atoms with van der Waals surface area (Å²) in [6, 6.07) is 0. The molecule has 0 spiro atoms. The molecule has 0 aliphatic heterocycles. The van der Waals surface area contributed by atoms with Crippen LogP contribution in [0.5, 0.6) is 0 Å². The molecule has 0 aliphatic rings. The number of hydrogen-bond acceptors (Lipinski definition) is 4. The van der Waals surface area contributed by atoms with E-state index >= 15 is 0 Å². The van der Waals surface area contributed by atoms with Gasteiger partial charge in [0.15, 0.2) is 0 Å². The predicted molar refractivity (Wildman–Crippen MR) is 46.1 cm³/mol. The van der Waals surface area contributed by atoms with Gasteiger partial charge in [-0.25, -0.2) is 0 Å². The fourth-order valence-electron chi connectivity index (χ4n) is 0. The molecule has 0 rings (SSSR count). The topological polar surface area (TPSA) is 147 Å². The number of rotatable bonds is 0. The molecule has 0 amide bonds. The van der Waals surface area contributed by atoms with E-state index in [2.05, 4.69) is 11.7 Å². The van der Waals surface area contributed by atoms with Crippen molar-refractivity contribution in [3.63, 3.8) is 0 Å². The molecule has 7 nitrogen and oxygen atoms in total. The summed E-state index contributed by atoms with van der Waals surface area (Å²) in [6.07, 6.45) is 0. The van der Waals surface area contributed by atoms with Gasteiger partial charge >= 0.3 is 38.7 Å². The molecule has 0 fully saturated rings. The molecule has 0 atom stereocenters. The molecule has 0 heterocycles. The zero-order chi connectivity index (χ0) is 8.08. The van der Waals surface area contributed by atoms with E-state index in [0.717, 1.165) is 0 Å². The fraction of sp³-hybridized carbons (Fsp3) is 0. The molecule has 11 heavy (non-hydrogen) atoms. The van der Waals surface area contributed by atoms with Gasteiger partial charge in [-0.2, -0.15) is 12.6 Å². The molecule has 0 radical (unpaired) electrons. The first-order valence-electron chi connectivity index (χ1n) is 1.23. The van der Waals surface area contributed by atoms with Crippen molar-refractivity contribution in [3.05, 3.63) is 0 Å². The Balaban J connectivity index is -0.0000000383. The van der Waals surface area contributed by atoms with E-state index in [4.69, 9.17) is 26.3 Å². The molecule has 0 aromatic rings. The van der Waals surface area contributed by atoms with Gasteiger partial charge in [0.25, 0.3) is 11.4 Å². The van der Waals surface area contributed by atoms with Crippen molar-refractivity contribution in [2.75, 3.05) is 0 Å². The van der Waals surface area contributed by atoms with Crippen LogP contribution in [-0.4, -0.2) is 55.8 Å². The third kappa shape index (κ3) is 586. The van der Waals surface area contributed by atoms with Crippen molar-refractivity contribution >= 4 is 61.7 Å². The Morgan fingerprint density at radius 2 is 1.27 bits per heavy atom. The van der Waals surface area contributed by atoms with Crippen LogP contribution in [-0.2, 0) is 20.5 Å².